The molecule has 1 heterocycles. The van der Waals surface area contributed by atoms with E-state index in [1.807, 2.05) is 36.4 Å². The fourth-order valence-corrected chi connectivity index (χ4v) is 5.10. The molecule has 1 atom stereocenters. The third-order valence-electron chi connectivity index (χ3n) is 7.06. The summed E-state index contributed by atoms with van der Waals surface area (Å²) in [6.07, 6.45) is 4.49. The Bertz CT molecular complexity index is 1280. The van der Waals surface area contributed by atoms with Crippen molar-refractivity contribution in [1.82, 2.24) is 4.98 Å². The molecule has 2 aromatic carbocycles. The van der Waals surface area contributed by atoms with Crippen LogP contribution in [0.2, 0.25) is 0 Å². The number of aromatic carboxylic acids is 1. The number of ether oxygens (including phenoxy) is 1. The van der Waals surface area contributed by atoms with E-state index in [0.717, 1.165) is 35.2 Å². The molecule has 0 saturated heterocycles. The van der Waals surface area contributed by atoms with Gasteiger partial charge in [-0.15, -0.1) is 0 Å². The maximum atomic E-state index is 12.4. The monoisotopic (exact) mass is 509 g/mol. The summed E-state index contributed by atoms with van der Waals surface area (Å²) < 4.78 is 5.86. The zero-order chi connectivity index (χ0) is 23.9. The number of aromatic hydroxyl groups is 1. The fraction of sp³-hybridized carbons (Fsp3) is 0.333. The van der Waals surface area contributed by atoms with Crippen LogP contribution in [0.3, 0.4) is 0 Å². The lowest BCUT2D eigenvalue weighted by atomic mass is 9.67. The second-order valence-corrected chi connectivity index (χ2v) is 10.2. The quantitative estimate of drug-likeness (QED) is 0.388. The van der Waals surface area contributed by atoms with Crippen LogP contribution >= 0.6 is 15.9 Å². The minimum absolute atomic E-state index is 0.0332. The molecule has 1 aliphatic rings. The first-order chi connectivity index (χ1) is 15.7. The SMILES string of the molecule is CCC(C)(C)C1C/C(=C/c2cc(Br)c(O)c(OC)c2)c2nc3ccccc3c(C(=O)O)c2C1. The molecule has 1 aromatic heterocycles. The van der Waals surface area contributed by atoms with Gasteiger partial charge in [-0.3, -0.25) is 0 Å². The summed E-state index contributed by atoms with van der Waals surface area (Å²) >= 11 is 3.40. The van der Waals surface area contributed by atoms with Crippen molar-refractivity contribution in [3.05, 3.63) is 63.3 Å². The molecule has 0 amide bonds. The Morgan fingerprint density at radius 3 is 2.67 bits per heavy atom. The molecule has 33 heavy (non-hydrogen) atoms. The lowest BCUT2D eigenvalue weighted by Crippen LogP contribution is -2.30. The van der Waals surface area contributed by atoms with Gasteiger partial charge in [0.2, 0.25) is 0 Å². The van der Waals surface area contributed by atoms with Crippen molar-refractivity contribution in [3.63, 3.8) is 0 Å². The number of carbonyl (C=O) groups is 1. The predicted molar refractivity (Wildman–Crippen MR) is 135 cm³/mol. The van der Waals surface area contributed by atoms with Crippen LogP contribution in [0.25, 0.3) is 22.6 Å². The summed E-state index contributed by atoms with van der Waals surface area (Å²) in [5.74, 6) is -0.237. The molecular formula is C27H28BrNO4. The van der Waals surface area contributed by atoms with Gasteiger partial charge in [-0.25, -0.2) is 9.78 Å². The standard InChI is InChI=1S/C27H28BrNO4/c1-5-27(2,3)17-13-16(10-15-11-20(28)25(30)22(12-15)33-4)24-19(14-17)23(26(31)32)18-8-6-7-9-21(18)29-24/h6-12,17,30H,5,13-14H2,1-4H3,(H,31,32)/b16-10-. The van der Waals surface area contributed by atoms with Gasteiger partial charge in [0.25, 0.3) is 0 Å². The highest BCUT2D eigenvalue weighted by Crippen LogP contribution is 2.46. The molecule has 0 fully saturated rings. The smallest absolute Gasteiger partial charge is 0.336 e. The Balaban J connectivity index is 2.00. The van der Waals surface area contributed by atoms with Crippen LogP contribution < -0.4 is 4.74 Å². The number of halogens is 1. The first kappa shape index (κ1) is 23.3. The molecule has 0 radical (unpaired) electrons. The van der Waals surface area contributed by atoms with Gasteiger partial charge in [0.05, 0.1) is 28.4 Å². The lowest BCUT2D eigenvalue weighted by molar-refractivity contribution is 0.0696. The van der Waals surface area contributed by atoms with Crippen molar-refractivity contribution in [2.75, 3.05) is 7.11 Å². The average Bonchev–Trinajstić information content (AvgIpc) is 2.79. The first-order valence-corrected chi connectivity index (χ1v) is 11.9. The molecule has 2 N–H and O–H groups in total. The number of carboxylic acids is 1. The van der Waals surface area contributed by atoms with Crippen molar-refractivity contribution < 1.29 is 19.7 Å². The Morgan fingerprint density at radius 2 is 2.00 bits per heavy atom. The average molecular weight is 510 g/mol. The zero-order valence-corrected chi connectivity index (χ0v) is 20.9. The molecule has 1 unspecified atom stereocenters. The number of hydrogen-bond acceptors (Lipinski definition) is 4. The molecule has 1 aliphatic carbocycles. The van der Waals surface area contributed by atoms with E-state index in [-0.39, 0.29) is 17.1 Å². The highest BCUT2D eigenvalue weighted by Gasteiger charge is 2.36. The van der Waals surface area contributed by atoms with Gasteiger partial charge in [0, 0.05) is 5.39 Å². The van der Waals surface area contributed by atoms with Gasteiger partial charge in [0.1, 0.15) is 0 Å². The number of pyridine rings is 1. The molecule has 4 rings (SSSR count). The molecular weight excluding hydrogens is 482 g/mol. The summed E-state index contributed by atoms with van der Waals surface area (Å²) in [5, 5.41) is 21.1. The molecule has 172 valence electrons. The Hall–Kier alpha value is -2.86. The van der Waals surface area contributed by atoms with E-state index in [9.17, 15) is 15.0 Å². The second kappa shape index (κ2) is 8.82. The second-order valence-electron chi connectivity index (χ2n) is 9.31. The number of aromatic nitrogens is 1. The number of fused-ring (bicyclic) bond motifs is 2. The molecule has 0 aliphatic heterocycles. The number of benzene rings is 2. The van der Waals surface area contributed by atoms with Crippen molar-refractivity contribution in [2.45, 2.75) is 40.0 Å². The van der Waals surface area contributed by atoms with E-state index in [0.29, 0.717) is 33.1 Å². The maximum absolute atomic E-state index is 12.4. The van der Waals surface area contributed by atoms with Gasteiger partial charge in [0.15, 0.2) is 11.5 Å². The molecule has 3 aromatic rings. The highest BCUT2D eigenvalue weighted by molar-refractivity contribution is 9.10. The minimum Gasteiger partial charge on any atom is -0.503 e. The van der Waals surface area contributed by atoms with E-state index >= 15 is 0 Å². The Labute approximate surface area is 202 Å². The Morgan fingerprint density at radius 1 is 1.27 bits per heavy atom. The van der Waals surface area contributed by atoms with E-state index in [1.165, 1.54) is 7.11 Å². The number of phenolic OH excluding ortho intramolecular Hbond substituents is 1. The first-order valence-electron chi connectivity index (χ1n) is 11.1. The number of phenols is 1. The highest BCUT2D eigenvalue weighted by atomic mass is 79.9. The number of carboxylic acid groups (broad SMARTS) is 1. The summed E-state index contributed by atoms with van der Waals surface area (Å²) in [6, 6.07) is 11.0. The number of hydrogen-bond donors (Lipinski definition) is 2. The molecule has 0 bridgehead atoms. The van der Waals surface area contributed by atoms with Crippen molar-refractivity contribution in [3.8, 4) is 11.5 Å². The van der Waals surface area contributed by atoms with Crippen LogP contribution in [-0.2, 0) is 6.42 Å². The van der Waals surface area contributed by atoms with Crippen molar-refractivity contribution in [1.29, 1.82) is 0 Å². The van der Waals surface area contributed by atoms with Gasteiger partial charge in [-0.2, -0.15) is 0 Å². The van der Waals surface area contributed by atoms with E-state index in [1.54, 1.807) is 6.07 Å². The summed E-state index contributed by atoms with van der Waals surface area (Å²) in [4.78, 5) is 17.4. The Kier molecular flexibility index (Phi) is 6.23. The third-order valence-corrected chi connectivity index (χ3v) is 7.66. The van der Waals surface area contributed by atoms with Crippen LogP contribution in [0.5, 0.6) is 11.5 Å². The number of methoxy groups -OCH3 is 1. The summed E-state index contributed by atoms with van der Waals surface area (Å²) in [5.41, 5.74) is 4.45. The minimum atomic E-state index is -0.923. The number of allylic oxidation sites excluding steroid dienone is 1. The van der Waals surface area contributed by atoms with E-state index < -0.39 is 5.97 Å². The lowest BCUT2D eigenvalue weighted by Gasteiger charge is -2.38. The summed E-state index contributed by atoms with van der Waals surface area (Å²) in [7, 11) is 1.51. The van der Waals surface area contributed by atoms with Crippen LogP contribution in [0.4, 0.5) is 0 Å². The predicted octanol–water partition coefficient (Wildman–Crippen LogP) is 6.95. The topological polar surface area (TPSA) is 79.7 Å². The summed E-state index contributed by atoms with van der Waals surface area (Å²) in [6.45, 7) is 6.67. The van der Waals surface area contributed by atoms with E-state index in [4.69, 9.17) is 9.72 Å². The number of para-hydroxylation sites is 1. The van der Waals surface area contributed by atoms with Crippen LogP contribution in [-0.4, -0.2) is 28.3 Å². The third kappa shape index (κ3) is 4.24. The molecule has 0 spiro atoms. The number of rotatable bonds is 5. The van der Waals surface area contributed by atoms with Crippen LogP contribution in [0, 0.1) is 11.3 Å². The largest absolute Gasteiger partial charge is 0.503 e. The zero-order valence-electron chi connectivity index (χ0n) is 19.3. The van der Waals surface area contributed by atoms with Gasteiger partial charge < -0.3 is 14.9 Å². The van der Waals surface area contributed by atoms with Crippen molar-refractivity contribution in [2.24, 2.45) is 11.3 Å². The van der Waals surface area contributed by atoms with Crippen LogP contribution in [0.15, 0.2) is 40.9 Å². The molecule has 6 heteroatoms. The van der Waals surface area contributed by atoms with Crippen molar-refractivity contribution >= 4 is 44.5 Å². The van der Waals surface area contributed by atoms with Crippen LogP contribution in [0.1, 0.15) is 60.8 Å². The normalized spacial score (nSPS) is 17.2. The molecule has 5 nitrogen and oxygen atoms in total. The van der Waals surface area contributed by atoms with Gasteiger partial charge in [-0.1, -0.05) is 45.4 Å². The number of nitrogens with zero attached hydrogens (tertiary/aromatic N) is 1. The molecule has 0 saturated carbocycles. The maximum Gasteiger partial charge on any atom is 0.336 e. The van der Waals surface area contributed by atoms with Gasteiger partial charge in [-0.05, 0) is 81.1 Å². The van der Waals surface area contributed by atoms with Gasteiger partial charge >= 0.3 is 5.97 Å². The fourth-order valence-electron chi connectivity index (χ4n) is 4.64. The van der Waals surface area contributed by atoms with E-state index in [2.05, 4.69) is 36.7 Å².